The van der Waals surface area contributed by atoms with Crippen molar-refractivity contribution >= 4 is 11.6 Å². The van der Waals surface area contributed by atoms with Gasteiger partial charge in [-0.3, -0.25) is 0 Å². The van der Waals surface area contributed by atoms with E-state index in [0.717, 1.165) is 0 Å². The molecule has 1 atom stereocenters. The highest BCUT2D eigenvalue weighted by atomic mass is 35.5. The normalized spacial score (nSPS) is 12.6. The lowest BCUT2D eigenvalue weighted by Gasteiger charge is -2.07. The third-order valence-electron chi connectivity index (χ3n) is 1.64. The van der Waals surface area contributed by atoms with Gasteiger partial charge in [0.2, 0.25) is 0 Å². The molecule has 0 aromatic heterocycles. The molecule has 0 bridgehead atoms. The van der Waals surface area contributed by atoms with Crippen molar-refractivity contribution in [3.8, 4) is 0 Å². The highest BCUT2D eigenvalue weighted by Crippen LogP contribution is 2.25. The maximum Gasteiger partial charge on any atom is 0.123 e. The molecule has 0 aliphatic rings. The van der Waals surface area contributed by atoms with Crippen molar-refractivity contribution in [3.05, 3.63) is 54.2 Å². The van der Waals surface area contributed by atoms with Gasteiger partial charge in [-0.05, 0) is 30.7 Å². The molecule has 63 valence electrons. The lowest BCUT2D eigenvalue weighted by atomic mass is 10.0. The van der Waals surface area contributed by atoms with Gasteiger partial charge in [-0.15, -0.1) is 6.58 Å². The average Bonchev–Trinajstić information content (AvgIpc) is 2.08. The monoisotopic (exact) mass is 183 g/mol. The van der Waals surface area contributed by atoms with E-state index in [9.17, 15) is 4.39 Å². The molecular weight excluding hydrogens is 175 g/mol. The van der Waals surface area contributed by atoms with Crippen LogP contribution in [0, 0.1) is 12.7 Å². The van der Waals surface area contributed by atoms with E-state index in [-0.39, 0.29) is 11.7 Å². The largest absolute Gasteiger partial charge is 0.207 e. The Bertz CT molecular complexity index is 294. The van der Waals surface area contributed by atoms with E-state index in [1.807, 2.05) is 0 Å². The van der Waals surface area contributed by atoms with Crippen LogP contribution in [0.1, 0.15) is 11.5 Å². The minimum Gasteiger partial charge on any atom is -0.207 e. The van der Waals surface area contributed by atoms with Crippen LogP contribution in [-0.4, -0.2) is 0 Å². The van der Waals surface area contributed by atoms with Crippen LogP contribution in [0.15, 0.2) is 30.9 Å². The Morgan fingerprint density at radius 3 is 2.75 bits per heavy atom. The predicted octanol–water partition coefficient (Wildman–Crippen LogP) is 3.58. The summed E-state index contributed by atoms with van der Waals surface area (Å²) < 4.78 is 12.7. The molecule has 0 heterocycles. The second-order valence-corrected chi connectivity index (χ2v) is 2.92. The van der Waals surface area contributed by atoms with E-state index in [2.05, 4.69) is 13.5 Å². The predicted molar refractivity (Wildman–Crippen MR) is 49.7 cm³/mol. The number of allylic oxidation sites excluding steroid dienone is 1. The van der Waals surface area contributed by atoms with Crippen LogP contribution in [0.2, 0.25) is 5.02 Å². The second-order valence-electron chi connectivity index (χ2n) is 2.51. The fraction of sp³-hybridized carbons (Fsp3) is 0.100. The van der Waals surface area contributed by atoms with Crippen LogP contribution in [0.25, 0.3) is 0 Å². The Balaban J connectivity index is 3.12. The maximum atomic E-state index is 12.7. The van der Waals surface area contributed by atoms with Gasteiger partial charge in [-0.25, -0.2) is 4.39 Å². The third-order valence-corrected chi connectivity index (χ3v) is 1.99. The average molecular weight is 184 g/mol. The molecule has 0 aliphatic carbocycles. The van der Waals surface area contributed by atoms with Crippen LogP contribution >= 0.6 is 11.6 Å². The van der Waals surface area contributed by atoms with Gasteiger partial charge in [0.1, 0.15) is 5.82 Å². The first kappa shape index (κ1) is 9.27. The molecule has 0 amide bonds. The molecule has 0 nitrogen and oxygen atoms in total. The molecule has 0 spiro atoms. The lowest BCUT2D eigenvalue weighted by Crippen LogP contribution is -1.91. The summed E-state index contributed by atoms with van der Waals surface area (Å²) in [5.41, 5.74) is 0.673. The molecule has 1 unspecified atom stereocenters. The summed E-state index contributed by atoms with van der Waals surface area (Å²) in [6.45, 7) is 7.32. The molecule has 0 saturated carbocycles. The van der Waals surface area contributed by atoms with Gasteiger partial charge in [0.25, 0.3) is 0 Å². The van der Waals surface area contributed by atoms with Gasteiger partial charge in [-0.1, -0.05) is 17.7 Å². The molecule has 0 fully saturated rings. The summed E-state index contributed by atoms with van der Waals surface area (Å²) in [5.74, 6) is -0.460. The highest BCUT2D eigenvalue weighted by molar-refractivity contribution is 6.31. The number of benzene rings is 1. The lowest BCUT2D eigenvalue weighted by molar-refractivity contribution is 0.625. The van der Waals surface area contributed by atoms with Gasteiger partial charge >= 0.3 is 0 Å². The molecular formula is C10H9ClF. The van der Waals surface area contributed by atoms with E-state index in [4.69, 9.17) is 11.6 Å². The number of halogens is 2. The molecule has 12 heavy (non-hydrogen) atoms. The summed E-state index contributed by atoms with van der Waals surface area (Å²) in [7, 11) is 0. The molecule has 0 N–H and O–H groups in total. The Labute approximate surface area is 76.7 Å². The van der Waals surface area contributed by atoms with E-state index < -0.39 is 0 Å². The summed E-state index contributed by atoms with van der Waals surface area (Å²) >= 11 is 5.82. The maximum absolute atomic E-state index is 12.7. The third kappa shape index (κ3) is 1.86. The number of rotatable bonds is 2. The van der Waals surface area contributed by atoms with E-state index in [1.54, 1.807) is 6.08 Å². The van der Waals surface area contributed by atoms with Crippen molar-refractivity contribution in [2.45, 2.75) is 5.92 Å². The molecule has 2 heteroatoms. The Hall–Kier alpha value is -0.820. The molecule has 0 aliphatic heterocycles. The Morgan fingerprint density at radius 1 is 1.50 bits per heavy atom. The zero-order valence-corrected chi connectivity index (χ0v) is 7.31. The molecule has 1 aromatic carbocycles. The van der Waals surface area contributed by atoms with Gasteiger partial charge in [0.05, 0.1) is 0 Å². The van der Waals surface area contributed by atoms with Crippen molar-refractivity contribution < 1.29 is 4.39 Å². The van der Waals surface area contributed by atoms with E-state index >= 15 is 0 Å². The van der Waals surface area contributed by atoms with Crippen LogP contribution < -0.4 is 0 Å². The number of hydrogen-bond donors (Lipinski definition) is 0. The first-order valence-corrected chi connectivity index (χ1v) is 3.93. The molecule has 0 saturated heterocycles. The van der Waals surface area contributed by atoms with Gasteiger partial charge in [0.15, 0.2) is 0 Å². The van der Waals surface area contributed by atoms with Gasteiger partial charge < -0.3 is 0 Å². The van der Waals surface area contributed by atoms with Crippen molar-refractivity contribution in [3.63, 3.8) is 0 Å². The van der Waals surface area contributed by atoms with E-state index in [1.165, 1.54) is 18.2 Å². The quantitative estimate of drug-likeness (QED) is 0.615. The van der Waals surface area contributed by atoms with Crippen LogP contribution in [0.5, 0.6) is 0 Å². The van der Waals surface area contributed by atoms with E-state index in [0.29, 0.717) is 10.6 Å². The smallest absolute Gasteiger partial charge is 0.123 e. The molecule has 1 rings (SSSR count). The summed E-state index contributed by atoms with van der Waals surface area (Å²) in [6, 6.07) is 4.22. The Morgan fingerprint density at radius 2 is 2.17 bits per heavy atom. The van der Waals surface area contributed by atoms with Crippen molar-refractivity contribution in [1.29, 1.82) is 0 Å². The summed E-state index contributed by atoms with van der Waals surface area (Å²) in [5, 5.41) is 0.524. The minimum absolute atomic E-state index is 0.159. The zero-order valence-electron chi connectivity index (χ0n) is 6.56. The van der Waals surface area contributed by atoms with Crippen molar-refractivity contribution in [1.82, 2.24) is 0 Å². The van der Waals surface area contributed by atoms with Crippen LogP contribution in [0.4, 0.5) is 4.39 Å². The summed E-state index contributed by atoms with van der Waals surface area (Å²) in [4.78, 5) is 0. The van der Waals surface area contributed by atoms with Crippen molar-refractivity contribution in [2.24, 2.45) is 0 Å². The topological polar surface area (TPSA) is 0 Å². The van der Waals surface area contributed by atoms with Crippen LogP contribution in [0.3, 0.4) is 0 Å². The van der Waals surface area contributed by atoms with Crippen LogP contribution in [-0.2, 0) is 0 Å². The SMILES string of the molecule is [CH2]C(C=C)c1cc(F)ccc1Cl. The first-order chi connectivity index (χ1) is 5.65. The fourth-order valence-electron chi connectivity index (χ4n) is 0.926. The fourth-order valence-corrected chi connectivity index (χ4v) is 1.18. The van der Waals surface area contributed by atoms with Gasteiger partial charge in [-0.2, -0.15) is 0 Å². The minimum atomic E-state index is -0.301. The Kier molecular flexibility index (Phi) is 2.88. The number of hydrogen-bond acceptors (Lipinski definition) is 0. The zero-order chi connectivity index (χ0) is 9.14. The molecule has 1 aromatic rings. The van der Waals surface area contributed by atoms with Crippen molar-refractivity contribution in [2.75, 3.05) is 0 Å². The first-order valence-electron chi connectivity index (χ1n) is 3.55. The summed E-state index contributed by atoms with van der Waals surface area (Å²) in [6.07, 6.45) is 1.63. The van der Waals surface area contributed by atoms with Gasteiger partial charge in [0, 0.05) is 10.9 Å². The second kappa shape index (κ2) is 3.72. The standard InChI is InChI=1S/C10H9ClF/c1-3-7(2)9-6-8(12)4-5-10(9)11/h3-7H,1-2H2. The highest BCUT2D eigenvalue weighted by Gasteiger charge is 2.06. The molecule has 1 radical (unpaired) electrons.